The van der Waals surface area contributed by atoms with Crippen LogP contribution in [0.15, 0.2) is 47.6 Å². The largest absolute Gasteiger partial charge is 0.371 e. The highest BCUT2D eigenvalue weighted by Crippen LogP contribution is 2.17. The van der Waals surface area contributed by atoms with Gasteiger partial charge in [0.05, 0.1) is 31.3 Å². The van der Waals surface area contributed by atoms with Crippen molar-refractivity contribution in [1.29, 1.82) is 0 Å². The number of rotatable bonds is 9. The van der Waals surface area contributed by atoms with Crippen LogP contribution in [0.5, 0.6) is 0 Å². The van der Waals surface area contributed by atoms with E-state index in [1.54, 1.807) is 35.5 Å². The van der Waals surface area contributed by atoms with Gasteiger partial charge in [0.25, 0.3) is 0 Å². The predicted octanol–water partition coefficient (Wildman–Crippen LogP) is 2.71. The Kier molecular flexibility index (Phi) is 9.28. The molecule has 0 atom stereocenters. The summed E-state index contributed by atoms with van der Waals surface area (Å²) >= 11 is 0. The number of piperazine rings is 1. The van der Waals surface area contributed by atoms with Crippen molar-refractivity contribution < 1.29 is 13.9 Å². The van der Waals surface area contributed by atoms with Crippen LogP contribution in [0.1, 0.15) is 18.2 Å². The van der Waals surface area contributed by atoms with E-state index in [2.05, 4.69) is 25.2 Å². The maximum absolute atomic E-state index is 14.0. The van der Waals surface area contributed by atoms with Gasteiger partial charge in [-0.3, -0.25) is 9.89 Å². The Morgan fingerprint density at radius 2 is 2.12 bits per heavy atom. The van der Waals surface area contributed by atoms with E-state index in [0.717, 1.165) is 17.7 Å². The molecule has 3 rings (SSSR count). The molecular formula is C23H30FN7O2. The maximum Gasteiger partial charge on any atom is 0.322 e. The zero-order valence-electron chi connectivity index (χ0n) is 18.8. The van der Waals surface area contributed by atoms with Gasteiger partial charge < -0.3 is 20.7 Å². The fourth-order valence-electron chi connectivity index (χ4n) is 3.24. The van der Waals surface area contributed by atoms with E-state index in [-0.39, 0.29) is 17.7 Å². The van der Waals surface area contributed by atoms with Gasteiger partial charge >= 0.3 is 6.03 Å². The van der Waals surface area contributed by atoms with Gasteiger partial charge in [-0.15, -0.1) is 0 Å². The van der Waals surface area contributed by atoms with Crippen LogP contribution in [0.2, 0.25) is 0 Å². The van der Waals surface area contributed by atoms with E-state index in [4.69, 9.17) is 10.5 Å². The average Bonchev–Trinajstić information content (AvgIpc) is 2.82. The third-order valence-electron chi connectivity index (χ3n) is 5.15. The Morgan fingerprint density at radius 1 is 1.30 bits per heavy atom. The zero-order chi connectivity index (χ0) is 23.5. The number of nitrogens with zero attached hydrogens (tertiary/aromatic N) is 5. The number of nitrogen functional groups attached to an aromatic ring is 1. The second-order valence-corrected chi connectivity index (χ2v) is 7.53. The summed E-state index contributed by atoms with van der Waals surface area (Å²) < 4.78 is 19.5. The molecule has 2 amide bonds. The van der Waals surface area contributed by atoms with Gasteiger partial charge in [0.1, 0.15) is 5.82 Å². The second kappa shape index (κ2) is 12.6. The summed E-state index contributed by atoms with van der Waals surface area (Å²) in [4.78, 5) is 28.6. The number of urea groups is 1. The zero-order valence-corrected chi connectivity index (χ0v) is 18.8. The quantitative estimate of drug-likeness (QED) is 0.445. The molecule has 0 bridgehead atoms. The highest BCUT2D eigenvalue weighted by Gasteiger charge is 2.21. The van der Waals surface area contributed by atoms with Crippen molar-refractivity contribution in [3.05, 3.63) is 59.7 Å². The number of benzene rings is 1. The van der Waals surface area contributed by atoms with Crippen LogP contribution >= 0.6 is 0 Å². The molecule has 2 heterocycles. The lowest BCUT2D eigenvalue weighted by Gasteiger charge is -2.33. The van der Waals surface area contributed by atoms with Crippen LogP contribution in [0.3, 0.4) is 0 Å². The molecule has 1 aliphatic rings. The molecule has 1 aliphatic heterocycles. The van der Waals surface area contributed by atoms with Gasteiger partial charge in [-0.1, -0.05) is 19.1 Å². The van der Waals surface area contributed by atoms with Gasteiger partial charge in [-0.25, -0.2) is 19.2 Å². The molecule has 0 spiro atoms. The van der Waals surface area contributed by atoms with Gasteiger partial charge in [0, 0.05) is 38.6 Å². The minimum absolute atomic E-state index is 0.225. The normalized spacial score (nSPS) is 14.9. The summed E-state index contributed by atoms with van der Waals surface area (Å²) in [7, 11) is 0. The third-order valence-corrected chi connectivity index (χ3v) is 5.15. The van der Waals surface area contributed by atoms with Gasteiger partial charge in [-0.2, -0.15) is 0 Å². The number of aromatic nitrogens is 2. The van der Waals surface area contributed by atoms with Crippen LogP contribution in [-0.4, -0.2) is 71.5 Å². The number of anilines is 2. The Balaban J connectivity index is 1.32. The number of carbonyl (C=O) groups excluding carboxylic acids is 1. The summed E-state index contributed by atoms with van der Waals surface area (Å²) in [5.74, 6) is -0.193. The number of aryl methyl sites for hydroxylation is 1. The number of allylic oxidation sites excluding steroid dienone is 1. The lowest BCUT2D eigenvalue weighted by atomic mass is 10.1. The lowest BCUT2D eigenvalue weighted by molar-refractivity contribution is 0.146. The van der Waals surface area contributed by atoms with Crippen LogP contribution in [0, 0.1) is 5.82 Å². The molecule has 176 valence electrons. The summed E-state index contributed by atoms with van der Waals surface area (Å²) in [6.07, 6.45) is 7.80. The predicted molar refractivity (Wildman–Crippen MR) is 127 cm³/mol. The topological polar surface area (TPSA) is 109 Å². The Labute approximate surface area is 193 Å². The standard InChI is InChI=1S/C23H30FN7O2/c1-2-18-5-6-20(24)21(15-18)29-23(32)31-12-10-30(11-13-31)17-26-8-3-4-14-33-16-19-7-9-27-22(25)28-19/h3-9,15H,2,10-14,16-17H2,1H3,(H,29,32)(H2,25,27,28)/b4-3-,26-8-. The summed E-state index contributed by atoms with van der Waals surface area (Å²) in [6, 6.07) is 6.27. The minimum atomic E-state index is -0.425. The molecule has 0 radical (unpaired) electrons. The molecule has 0 unspecified atom stereocenters. The fourth-order valence-corrected chi connectivity index (χ4v) is 3.24. The van der Waals surface area contributed by atoms with Gasteiger partial charge in [0.2, 0.25) is 5.95 Å². The van der Waals surface area contributed by atoms with Crippen molar-refractivity contribution in [3.63, 3.8) is 0 Å². The van der Waals surface area contributed by atoms with Crippen LogP contribution in [0.25, 0.3) is 0 Å². The van der Waals surface area contributed by atoms with Crippen molar-refractivity contribution in [2.45, 2.75) is 20.0 Å². The Bertz CT molecular complexity index is 975. The Hall–Kier alpha value is -3.37. The smallest absolute Gasteiger partial charge is 0.322 e. The maximum atomic E-state index is 14.0. The molecule has 1 aromatic carbocycles. The molecule has 9 nitrogen and oxygen atoms in total. The summed E-state index contributed by atoms with van der Waals surface area (Å²) in [5, 5.41) is 2.69. The number of carbonyl (C=O) groups is 1. The average molecular weight is 456 g/mol. The number of nitrogens with one attached hydrogen (secondary N) is 1. The monoisotopic (exact) mass is 455 g/mol. The summed E-state index contributed by atoms with van der Waals surface area (Å²) in [6.45, 7) is 5.88. The molecule has 0 aliphatic carbocycles. The van der Waals surface area contributed by atoms with Crippen molar-refractivity contribution >= 4 is 23.9 Å². The second-order valence-electron chi connectivity index (χ2n) is 7.53. The fraction of sp³-hybridized carbons (Fsp3) is 0.391. The van der Waals surface area contributed by atoms with Crippen LogP contribution in [-0.2, 0) is 17.8 Å². The van der Waals surface area contributed by atoms with Crippen molar-refractivity contribution in [2.24, 2.45) is 4.99 Å². The highest BCUT2D eigenvalue weighted by molar-refractivity contribution is 5.89. The minimum Gasteiger partial charge on any atom is -0.371 e. The van der Waals surface area contributed by atoms with Crippen molar-refractivity contribution in [2.75, 3.05) is 50.5 Å². The third kappa shape index (κ3) is 7.92. The van der Waals surface area contributed by atoms with Gasteiger partial charge in [0.15, 0.2) is 0 Å². The Morgan fingerprint density at radius 3 is 2.88 bits per heavy atom. The van der Waals surface area contributed by atoms with E-state index in [9.17, 15) is 9.18 Å². The van der Waals surface area contributed by atoms with E-state index in [0.29, 0.717) is 46.1 Å². The molecular weight excluding hydrogens is 425 g/mol. The number of hydrogen-bond donors (Lipinski definition) is 2. The number of nitrogens with two attached hydrogens (primary N) is 1. The van der Waals surface area contributed by atoms with Crippen molar-refractivity contribution in [1.82, 2.24) is 19.8 Å². The number of ether oxygens (including phenoxy) is 1. The molecule has 3 N–H and O–H groups in total. The number of hydrogen-bond acceptors (Lipinski definition) is 7. The lowest BCUT2D eigenvalue weighted by Crippen LogP contribution is -2.50. The number of aliphatic imine (C=N–C) groups is 1. The first-order chi connectivity index (χ1) is 16.0. The first-order valence-corrected chi connectivity index (χ1v) is 10.9. The molecule has 10 heteroatoms. The molecule has 2 aromatic rings. The molecule has 1 saturated heterocycles. The molecule has 1 aromatic heterocycles. The van der Waals surface area contributed by atoms with Crippen LogP contribution in [0.4, 0.5) is 20.8 Å². The SMILES string of the molecule is CCc1ccc(F)c(NC(=O)N2CCN(C/N=C\C=C/COCc3ccnc(N)n3)CC2)c1. The van der Waals surface area contributed by atoms with E-state index >= 15 is 0 Å². The van der Waals surface area contributed by atoms with Gasteiger partial charge in [-0.05, 0) is 36.3 Å². The number of amides is 2. The van der Waals surface area contributed by atoms with Crippen LogP contribution < -0.4 is 11.1 Å². The van der Waals surface area contributed by atoms with Crippen molar-refractivity contribution in [3.8, 4) is 0 Å². The van der Waals surface area contributed by atoms with E-state index in [1.165, 1.54) is 6.07 Å². The first-order valence-electron chi connectivity index (χ1n) is 10.9. The molecule has 1 fully saturated rings. The van der Waals surface area contributed by atoms with E-state index < -0.39 is 5.82 Å². The number of halogens is 1. The molecule has 33 heavy (non-hydrogen) atoms. The van der Waals surface area contributed by atoms with E-state index in [1.807, 2.05) is 19.1 Å². The molecule has 0 saturated carbocycles. The highest BCUT2D eigenvalue weighted by atomic mass is 19.1. The first kappa shape index (κ1) is 24.3. The summed E-state index contributed by atoms with van der Waals surface area (Å²) in [5.41, 5.74) is 7.46.